The molecule has 0 heterocycles. The number of carbonyl (C=O) groups excluding carboxylic acids is 3. The maximum absolute atomic E-state index is 11.7. The van der Waals surface area contributed by atoms with E-state index in [2.05, 4.69) is 11.3 Å². The third-order valence-electron chi connectivity index (χ3n) is 2.71. The van der Waals surface area contributed by atoms with Crippen molar-refractivity contribution in [2.45, 2.75) is 24.1 Å². The van der Waals surface area contributed by atoms with Crippen molar-refractivity contribution in [3.8, 4) is 0 Å². The molecule has 0 saturated heterocycles. The molecular weight excluding hydrogens is 232 g/mol. The number of methoxy groups -OCH3 is 1. The average Bonchev–Trinajstić information content (AvgIpc) is 2.25. The minimum absolute atomic E-state index is 0.0459. The standard InChI is InChI=1S/C11H13ClO4/c1-3-4-11(12)8(13)5-7(6-9(11)14)10(15)16-2/h3,7H,1,4-6H2,2H3. The number of ether oxygens (including phenoxy) is 1. The van der Waals surface area contributed by atoms with Crippen molar-refractivity contribution >= 4 is 29.1 Å². The third-order valence-corrected chi connectivity index (χ3v) is 3.28. The van der Waals surface area contributed by atoms with E-state index in [9.17, 15) is 14.4 Å². The van der Waals surface area contributed by atoms with Gasteiger partial charge in [0.25, 0.3) is 0 Å². The summed E-state index contributed by atoms with van der Waals surface area (Å²) >= 11 is 5.97. The van der Waals surface area contributed by atoms with Crippen LogP contribution in [0.5, 0.6) is 0 Å². The first kappa shape index (κ1) is 12.9. The molecule has 16 heavy (non-hydrogen) atoms. The van der Waals surface area contributed by atoms with Crippen LogP contribution in [-0.4, -0.2) is 29.5 Å². The van der Waals surface area contributed by atoms with E-state index in [-0.39, 0.29) is 19.3 Å². The van der Waals surface area contributed by atoms with Crippen molar-refractivity contribution in [2.24, 2.45) is 5.92 Å². The number of hydrogen-bond acceptors (Lipinski definition) is 4. The van der Waals surface area contributed by atoms with Crippen LogP contribution in [0.3, 0.4) is 0 Å². The summed E-state index contributed by atoms with van der Waals surface area (Å²) in [4.78, 5) is 33.2. The summed E-state index contributed by atoms with van der Waals surface area (Å²) in [6.07, 6.45) is 1.44. The Morgan fingerprint density at radius 2 is 2.06 bits per heavy atom. The van der Waals surface area contributed by atoms with Gasteiger partial charge < -0.3 is 4.74 Å². The van der Waals surface area contributed by atoms with Crippen LogP contribution in [0.1, 0.15) is 19.3 Å². The zero-order valence-electron chi connectivity index (χ0n) is 8.99. The van der Waals surface area contributed by atoms with Gasteiger partial charge in [0.15, 0.2) is 16.4 Å². The van der Waals surface area contributed by atoms with Crippen molar-refractivity contribution in [1.29, 1.82) is 0 Å². The summed E-state index contributed by atoms with van der Waals surface area (Å²) < 4.78 is 4.51. The Hall–Kier alpha value is -1.16. The molecule has 1 aliphatic rings. The first-order valence-corrected chi connectivity index (χ1v) is 5.27. The molecule has 5 heteroatoms. The molecule has 1 aliphatic carbocycles. The predicted octanol–water partition coefficient (Wildman–Crippen LogP) is 1.26. The van der Waals surface area contributed by atoms with Gasteiger partial charge in [-0.15, -0.1) is 18.2 Å². The number of esters is 1. The van der Waals surface area contributed by atoms with E-state index < -0.39 is 28.3 Å². The van der Waals surface area contributed by atoms with Crippen molar-refractivity contribution in [3.63, 3.8) is 0 Å². The van der Waals surface area contributed by atoms with Crippen LogP contribution in [0.2, 0.25) is 0 Å². The van der Waals surface area contributed by atoms with E-state index in [0.717, 1.165) is 0 Å². The summed E-state index contributed by atoms with van der Waals surface area (Å²) in [5, 5.41) is 0. The molecule has 1 saturated carbocycles. The van der Waals surface area contributed by atoms with Gasteiger partial charge >= 0.3 is 5.97 Å². The Labute approximate surface area is 98.6 Å². The molecule has 0 N–H and O–H groups in total. The van der Waals surface area contributed by atoms with E-state index in [1.807, 2.05) is 0 Å². The van der Waals surface area contributed by atoms with Crippen LogP contribution in [0.4, 0.5) is 0 Å². The quantitative estimate of drug-likeness (QED) is 0.325. The number of ketones is 2. The second-order valence-corrected chi connectivity index (χ2v) is 4.41. The molecule has 1 rings (SSSR count). The van der Waals surface area contributed by atoms with Crippen LogP contribution in [0, 0.1) is 5.92 Å². The minimum Gasteiger partial charge on any atom is -0.469 e. The van der Waals surface area contributed by atoms with Crippen molar-refractivity contribution in [2.75, 3.05) is 7.11 Å². The summed E-state index contributed by atoms with van der Waals surface area (Å²) in [6, 6.07) is 0. The Morgan fingerprint density at radius 3 is 2.44 bits per heavy atom. The van der Waals surface area contributed by atoms with Crippen LogP contribution in [0.25, 0.3) is 0 Å². The number of allylic oxidation sites excluding steroid dienone is 1. The highest BCUT2D eigenvalue weighted by molar-refractivity contribution is 6.47. The fraction of sp³-hybridized carbons (Fsp3) is 0.545. The Bertz CT molecular complexity index is 330. The van der Waals surface area contributed by atoms with Crippen LogP contribution in [0.15, 0.2) is 12.7 Å². The Kier molecular flexibility index (Phi) is 3.86. The highest BCUT2D eigenvalue weighted by Crippen LogP contribution is 2.34. The molecule has 0 bridgehead atoms. The molecule has 0 aromatic rings. The minimum atomic E-state index is -1.52. The molecule has 4 nitrogen and oxygen atoms in total. The molecule has 0 unspecified atom stereocenters. The molecule has 0 aromatic carbocycles. The summed E-state index contributed by atoms with van der Waals surface area (Å²) in [5.74, 6) is -2.10. The van der Waals surface area contributed by atoms with Gasteiger partial charge in [-0.1, -0.05) is 6.08 Å². The van der Waals surface area contributed by atoms with Gasteiger partial charge in [-0.25, -0.2) is 0 Å². The molecule has 0 aromatic heterocycles. The number of hydrogen-bond donors (Lipinski definition) is 0. The average molecular weight is 245 g/mol. The van der Waals surface area contributed by atoms with Gasteiger partial charge in [0, 0.05) is 12.8 Å². The van der Waals surface area contributed by atoms with Crippen molar-refractivity contribution in [3.05, 3.63) is 12.7 Å². The Morgan fingerprint density at radius 1 is 1.56 bits per heavy atom. The first-order valence-electron chi connectivity index (χ1n) is 4.90. The van der Waals surface area contributed by atoms with Crippen LogP contribution < -0.4 is 0 Å². The number of alkyl halides is 1. The normalized spacial score (nSPS) is 30.0. The largest absolute Gasteiger partial charge is 0.469 e. The molecular formula is C11H13ClO4. The van der Waals surface area contributed by atoms with E-state index in [1.165, 1.54) is 13.2 Å². The molecule has 0 atom stereocenters. The van der Waals surface area contributed by atoms with Gasteiger partial charge in [0.2, 0.25) is 0 Å². The first-order chi connectivity index (χ1) is 7.45. The molecule has 88 valence electrons. The smallest absolute Gasteiger partial charge is 0.309 e. The van der Waals surface area contributed by atoms with E-state index in [1.54, 1.807) is 0 Å². The van der Waals surface area contributed by atoms with Crippen molar-refractivity contribution in [1.82, 2.24) is 0 Å². The second-order valence-electron chi connectivity index (χ2n) is 3.77. The third kappa shape index (κ3) is 2.16. The maximum Gasteiger partial charge on any atom is 0.309 e. The van der Waals surface area contributed by atoms with E-state index >= 15 is 0 Å². The molecule has 0 aliphatic heterocycles. The highest BCUT2D eigenvalue weighted by Gasteiger charge is 2.49. The fourth-order valence-electron chi connectivity index (χ4n) is 1.76. The molecule has 0 amide bonds. The topological polar surface area (TPSA) is 60.4 Å². The lowest BCUT2D eigenvalue weighted by Gasteiger charge is -2.30. The van der Waals surface area contributed by atoms with E-state index in [4.69, 9.17) is 11.6 Å². The van der Waals surface area contributed by atoms with Gasteiger partial charge in [-0.3, -0.25) is 14.4 Å². The SMILES string of the molecule is C=CCC1(Cl)C(=O)CC(C(=O)OC)CC1=O. The lowest BCUT2D eigenvalue weighted by atomic mass is 9.78. The van der Waals surface area contributed by atoms with Gasteiger partial charge in [0.1, 0.15) is 0 Å². The van der Waals surface area contributed by atoms with Crippen LogP contribution >= 0.6 is 11.6 Å². The van der Waals surface area contributed by atoms with Gasteiger partial charge in [-0.2, -0.15) is 0 Å². The summed E-state index contributed by atoms with van der Waals surface area (Å²) in [6.45, 7) is 3.46. The molecule has 1 fully saturated rings. The lowest BCUT2D eigenvalue weighted by molar-refractivity contribution is -0.152. The van der Waals surface area contributed by atoms with Crippen molar-refractivity contribution < 1.29 is 19.1 Å². The molecule has 0 spiro atoms. The monoisotopic (exact) mass is 244 g/mol. The van der Waals surface area contributed by atoms with Gasteiger partial charge in [0.05, 0.1) is 13.0 Å². The maximum atomic E-state index is 11.7. The number of carbonyl (C=O) groups is 3. The zero-order valence-corrected chi connectivity index (χ0v) is 9.75. The molecule has 0 radical (unpaired) electrons. The van der Waals surface area contributed by atoms with E-state index in [0.29, 0.717) is 0 Å². The number of halogens is 1. The Balaban J connectivity index is 2.87. The van der Waals surface area contributed by atoms with Gasteiger partial charge in [-0.05, 0) is 6.42 Å². The highest BCUT2D eigenvalue weighted by atomic mass is 35.5. The van der Waals surface area contributed by atoms with Crippen LogP contribution in [-0.2, 0) is 19.1 Å². The predicted molar refractivity (Wildman–Crippen MR) is 58.2 cm³/mol. The summed E-state index contributed by atoms with van der Waals surface area (Å²) in [5.41, 5.74) is 0. The lowest BCUT2D eigenvalue weighted by Crippen LogP contribution is -2.48. The number of Topliss-reactive ketones (excluding diaryl/α,β-unsaturated/α-hetero) is 2. The zero-order chi connectivity index (χ0) is 12.3. The number of rotatable bonds is 3. The fourth-order valence-corrected chi connectivity index (χ4v) is 2.02. The summed E-state index contributed by atoms with van der Waals surface area (Å²) in [7, 11) is 1.23. The second kappa shape index (κ2) is 4.78.